The highest BCUT2D eigenvalue weighted by Gasteiger charge is 2.12. The predicted octanol–water partition coefficient (Wildman–Crippen LogP) is 2.63. The Morgan fingerprint density at radius 2 is 1.83 bits per heavy atom. The fourth-order valence-corrected chi connectivity index (χ4v) is 2.41. The summed E-state index contributed by atoms with van der Waals surface area (Å²) >= 11 is 0. The fraction of sp³-hybridized carbons (Fsp3) is 0.278. The van der Waals surface area contributed by atoms with E-state index >= 15 is 0 Å². The molecule has 0 aliphatic carbocycles. The minimum Gasteiger partial charge on any atom is -0.497 e. The first-order chi connectivity index (χ1) is 11.3. The van der Waals surface area contributed by atoms with Gasteiger partial charge in [-0.25, -0.2) is 0 Å². The Balaban J connectivity index is 1.71. The van der Waals surface area contributed by atoms with Crippen molar-refractivity contribution >= 4 is 5.84 Å². The van der Waals surface area contributed by atoms with Gasteiger partial charge < -0.3 is 19.5 Å². The van der Waals surface area contributed by atoms with Crippen LogP contribution < -0.4 is 19.5 Å². The molecule has 0 bridgehead atoms. The minimum absolute atomic E-state index is 0.471. The van der Waals surface area contributed by atoms with Gasteiger partial charge in [0.1, 0.15) is 18.2 Å². The van der Waals surface area contributed by atoms with Crippen LogP contribution in [0.4, 0.5) is 0 Å². The third kappa shape index (κ3) is 3.56. The van der Waals surface area contributed by atoms with Gasteiger partial charge in [-0.1, -0.05) is 12.1 Å². The quantitative estimate of drug-likeness (QED) is 0.891. The van der Waals surface area contributed by atoms with Crippen LogP contribution in [-0.2, 0) is 6.61 Å². The van der Waals surface area contributed by atoms with E-state index in [1.807, 2.05) is 42.5 Å². The van der Waals surface area contributed by atoms with E-state index in [2.05, 4.69) is 10.3 Å². The Morgan fingerprint density at radius 3 is 2.48 bits per heavy atom. The standard InChI is InChI=1S/C18H20N2O3/c1-21-15-6-3-13(4-7-15)12-23-16-8-5-14(11-17(16)22-2)18-19-9-10-20-18/h3-8,11H,9-10,12H2,1-2H3,(H,19,20). The van der Waals surface area contributed by atoms with E-state index in [4.69, 9.17) is 14.2 Å². The van der Waals surface area contributed by atoms with Gasteiger partial charge in [-0.3, -0.25) is 4.99 Å². The first kappa shape index (κ1) is 15.2. The molecule has 3 rings (SSSR count). The number of nitrogens with zero attached hydrogens (tertiary/aromatic N) is 1. The van der Waals surface area contributed by atoms with Crippen LogP contribution in [0, 0.1) is 0 Å². The summed E-state index contributed by atoms with van der Waals surface area (Å²) in [5.74, 6) is 3.16. The zero-order valence-electron chi connectivity index (χ0n) is 13.3. The second-order valence-electron chi connectivity index (χ2n) is 5.16. The van der Waals surface area contributed by atoms with Gasteiger partial charge in [-0.15, -0.1) is 0 Å². The van der Waals surface area contributed by atoms with E-state index in [1.54, 1.807) is 14.2 Å². The predicted molar refractivity (Wildman–Crippen MR) is 89.7 cm³/mol. The molecule has 5 nitrogen and oxygen atoms in total. The molecule has 0 fully saturated rings. The van der Waals surface area contributed by atoms with Gasteiger partial charge in [0, 0.05) is 12.1 Å². The van der Waals surface area contributed by atoms with Crippen molar-refractivity contribution in [3.05, 3.63) is 53.6 Å². The van der Waals surface area contributed by atoms with Crippen LogP contribution in [0.2, 0.25) is 0 Å². The van der Waals surface area contributed by atoms with E-state index in [-0.39, 0.29) is 0 Å². The Hall–Kier alpha value is -2.69. The number of hydrogen-bond acceptors (Lipinski definition) is 5. The average molecular weight is 312 g/mol. The van der Waals surface area contributed by atoms with Crippen LogP contribution >= 0.6 is 0 Å². The van der Waals surface area contributed by atoms with Gasteiger partial charge >= 0.3 is 0 Å². The number of rotatable bonds is 6. The second kappa shape index (κ2) is 7.05. The van der Waals surface area contributed by atoms with Gasteiger partial charge in [0.15, 0.2) is 11.5 Å². The molecule has 0 amide bonds. The summed E-state index contributed by atoms with van der Waals surface area (Å²) in [6.45, 7) is 2.17. The molecule has 2 aromatic carbocycles. The minimum atomic E-state index is 0.471. The molecule has 5 heteroatoms. The second-order valence-corrected chi connectivity index (χ2v) is 5.16. The largest absolute Gasteiger partial charge is 0.497 e. The lowest BCUT2D eigenvalue weighted by Gasteiger charge is -2.13. The van der Waals surface area contributed by atoms with Crippen molar-refractivity contribution in [1.82, 2.24) is 5.32 Å². The molecule has 0 unspecified atom stereocenters. The van der Waals surface area contributed by atoms with Crippen LogP contribution in [0.1, 0.15) is 11.1 Å². The Bertz CT molecular complexity index is 696. The number of ether oxygens (including phenoxy) is 3. The van der Waals surface area contributed by atoms with Crippen molar-refractivity contribution in [2.24, 2.45) is 4.99 Å². The molecule has 0 saturated heterocycles. The first-order valence-corrected chi connectivity index (χ1v) is 7.52. The zero-order chi connectivity index (χ0) is 16.1. The van der Waals surface area contributed by atoms with E-state index in [9.17, 15) is 0 Å². The van der Waals surface area contributed by atoms with Crippen LogP contribution in [0.15, 0.2) is 47.5 Å². The molecule has 0 aromatic heterocycles. The molecule has 0 atom stereocenters. The maximum atomic E-state index is 5.88. The topological polar surface area (TPSA) is 52.1 Å². The molecule has 1 heterocycles. The summed E-state index contributed by atoms with van der Waals surface area (Å²) in [5.41, 5.74) is 2.08. The Morgan fingerprint density at radius 1 is 1.00 bits per heavy atom. The molecule has 1 aliphatic rings. The molecule has 0 saturated carbocycles. The summed E-state index contributed by atoms with van der Waals surface area (Å²) in [6.07, 6.45) is 0. The lowest BCUT2D eigenvalue weighted by Crippen LogP contribution is -2.19. The molecule has 0 radical (unpaired) electrons. The highest BCUT2D eigenvalue weighted by Crippen LogP contribution is 2.29. The number of nitrogens with one attached hydrogen (secondary N) is 1. The van der Waals surface area contributed by atoms with Crippen molar-refractivity contribution in [2.45, 2.75) is 6.61 Å². The zero-order valence-corrected chi connectivity index (χ0v) is 13.3. The molecule has 0 spiro atoms. The molecular weight excluding hydrogens is 292 g/mol. The number of benzene rings is 2. The maximum absolute atomic E-state index is 5.88. The van der Waals surface area contributed by atoms with Crippen LogP contribution in [0.3, 0.4) is 0 Å². The smallest absolute Gasteiger partial charge is 0.161 e. The van der Waals surface area contributed by atoms with E-state index in [0.717, 1.165) is 35.8 Å². The third-order valence-corrected chi connectivity index (χ3v) is 3.66. The van der Waals surface area contributed by atoms with Crippen molar-refractivity contribution in [3.8, 4) is 17.2 Å². The molecule has 2 aromatic rings. The van der Waals surface area contributed by atoms with Crippen molar-refractivity contribution in [3.63, 3.8) is 0 Å². The van der Waals surface area contributed by atoms with Crippen LogP contribution in [0.5, 0.6) is 17.2 Å². The highest BCUT2D eigenvalue weighted by atomic mass is 16.5. The summed E-state index contributed by atoms with van der Waals surface area (Å²) in [7, 11) is 3.30. The summed E-state index contributed by atoms with van der Waals surface area (Å²) in [4.78, 5) is 4.42. The summed E-state index contributed by atoms with van der Waals surface area (Å²) in [6, 6.07) is 13.7. The fourth-order valence-electron chi connectivity index (χ4n) is 2.41. The molecule has 120 valence electrons. The number of hydrogen-bond donors (Lipinski definition) is 1. The van der Waals surface area contributed by atoms with Crippen molar-refractivity contribution in [1.29, 1.82) is 0 Å². The van der Waals surface area contributed by atoms with Gasteiger partial charge in [0.25, 0.3) is 0 Å². The number of amidine groups is 1. The monoisotopic (exact) mass is 312 g/mol. The normalized spacial score (nSPS) is 13.2. The summed E-state index contributed by atoms with van der Waals surface area (Å²) in [5, 5.41) is 3.25. The van der Waals surface area contributed by atoms with Gasteiger partial charge in [0.2, 0.25) is 0 Å². The SMILES string of the molecule is COc1ccc(COc2ccc(C3=NCCN3)cc2OC)cc1. The molecular formula is C18H20N2O3. The first-order valence-electron chi connectivity index (χ1n) is 7.52. The van der Waals surface area contributed by atoms with E-state index in [0.29, 0.717) is 18.1 Å². The maximum Gasteiger partial charge on any atom is 0.161 e. The van der Waals surface area contributed by atoms with Gasteiger partial charge in [-0.05, 0) is 35.9 Å². The van der Waals surface area contributed by atoms with Gasteiger partial charge in [0.05, 0.1) is 20.8 Å². The lowest BCUT2D eigenvalue weighted by atomic mass is 10.2. The molecule has 23 heavy (non-hydrogen) atoms. The number of methoxy groups -OCH3 is 2. The molecule has 1 N–H and O–H groups in total. The highest BCUT2D eigenvalue weighted by molar-refractivity contribution is 6.00. The Kier molecular flexibility index (Phi) is 4.66. The van der Waals surface area contributed by atoms with Crippen molar-refractivity contribution < 1.29 is 14.2 Å². The Labute approximate surface area is 135 Å². The summed E-state index contributed by atoms with van der Waals surface area (Å²) < 4.78 is 16.5. The van der Waals surface area contributed by atoms with Crippen LogP contribution in [0.25, 0.3) is 0 Å². The third-order valence-electron chi connectivity index (χ3n) is 3.66. The molecule has 1 aliphatic heterocycles. The van der Waals surface area contributed by atoms with E-state index < -0.39 is 0 Å². The lowest BCUT2D eigenvalue weighted by molar-refractivity contribution is 0.284. The van der Waals surface area contributed by atoms with Crippen molar-refractivity contribution in [2.75, 3.05) is 27.3 Å². The number of aliphatic imine (C=N–C) groups is 1. The average Bonchev–Trinajstić information content (AvgIpc) is 3.15. The van der Waals surface area contributed by atoms with Gasteiger partial charge in [-0.2, -0.15) is 0 Å². The van der Waals surface area contributed by atoms with Crippen LogP contribution in [-0.4, -0.2) is 33.1 Å². The van der Waals surface area contributed by atoms with E-state index in [1.165, 1.54) is 0 Å².